The molecule has 2 aromatic rings. The van der Waals surface area contributed by atoms with E-state index in [-0.39, 0.29) is 5.91 Å². The molecule has 116 valence electrons. The molecule has 6 nitrogen and oxygen atoms in total. The van der Waals surface area contributed by atoms with Crippen molar-refractivity contribution in [1.29, 1.82) is 0 Å². The number of halogens is 2. The van der Waals surface area contributed by atoms with E-state index in [1.165, 1.54) is 12.4 Å². The minimum Gasteiger partial charge on any atom is -0.383 e. The normalized spacial score (nSPS) is 10.3. The third kappa shape index (κ3) is 4.56. The average molecular weight is 341 g/mol. The maximum atomic E-state index is 12.1. The molecular formula is C14H14Cl2N4O2. The van der Waals surface area contributed by atoms with Crippen LogP contribution in [0.15, 0.2) is 30.6 Å². The van der Waals surface area contributed by atoms with Crippen molar-refractivity contribution in [2.45, 2.75) is 0 Å². The van der Waals surface area contributed by atoms with Gasteiger partial charge in [0, 0.05) is 31.7 Å². The molecule has 0 aliphatic rings. The number of rotatable bonds is 6. The largest absolute Gasteiger partial charge is 0.383 e. The molecule has 0 atom stereocenters. The predicted molar refractivity (Wildman–Crippen MR) is 86.8 cm³/mol. The highest BCUT2D eigenvalue weighted by atomic mass is 35.5. The lowest BCUT2D eigenvalue weighted by Crippen LogP contribution is -2.14. The number of carbonyl (C=O) groups is 1. The molecule has 1 aromatic heterocycles. The number of hydrogen-bond donors (Lipinski definition) is 2. The van der Waals surface area contributed by atoms with Gasteiger partial charge in [0.2, 0.25) is 5.95 Å². The first kappa shape index (κ1) is 16.5. The van der Waals surface area contributed by atoms with Crippen molar-refractivity contribution < 1.29 is 9.53 Å². The Hall–Kier alpha value is -1.89. The van der Waals surface area contributed by atoms with Crippen LogP contribution in [0.25, 0.3) is 0 Å². The number of nitrogens with one attached hydrogen (secondary N) is 2. The molecule has 8 heteroatoms. The quantitative estimate of drug-likeness (QED) is 0.790. The third-order valence-corrected chi connectivity index (χ3v) is 3.42. The molecule has 0 unspecified atom stereocenters. The number of hydrogen-bond acceptors (Lipinski definition) is 5. The standard InChI is InChI=1S/C14H14Cl2N4O2/c1-22-5-4-17-14-18-7-9(8-19-14)13(21)20-10-2-3-11(15)12(16)6-10/h2-3,6-8H,4-5H2,1H3,(H,20,21)(H,17,18,19). The zero-order valence-corrected chi connectivity index (χ0v) is 13.3. The van der Waals surface area contributed by atoms with Crippen LogP contribution in [0, 0.1) is 0 Å². The zero-order chi connectivity index (χ0) is 15.9. The fraction of sp³-hybridized carbons (Fsp3) is 0.214. The van der Waals surface area contributed by atoms with E-state index in [2.05, 4.69) is 20.6 Å². The lowest BCUT2D eigenvalue weighted by atomic mass is 10.3. The third-order valence-electron chi connectivity index (χ3n) is 2.68. The van der Waals surface area contributed by atoms with E-state index in [9.17, 15) is 4.79 Å². The molecule has 0 saturated carbocycles. The number of nitrogens with zero attached hydrogens (tertiary/aromatic N) is 2. The highest BCUT2D eigenvalue weighted by molar-refractivity contribution is 6.42. The van der Waals surface area contributed by atoms with Crippen LogP contribution in [0.4, 0.5) is 11.6 Å². The zero-order valence-electron chi connectivity index (χ0n) is 11.8. The Morgan fingerprint density at radius 1 is 1.23 bits per heavy atom. The van der Waals surface area contributed by atoms with Crippen molar-refractivity contribution in [3.63, 3.8) is 0 Å². The molecule has 0 bridgehead atoms. The summed E-state index contributed by atoms with van der Waals surface area (Å²) >= 11 is 11.7. The van der Waals surface area contributed by atoms with Crippen molar-refractivity contribution in [1.82, 2.24) is 9.97 Å². The summed E-state index contributed by atoms with van der Waals surface area (Å²) in [5.74, 6) is 0.102. The summed E-state index contributed by atoms with van der Waals surface area (Å²) in [6.45, 7) is 1.13. The number of methoxy groups -OCH3 is 1. The molecule has 2 N–H and O–H groups in total. The first-order valence-corrected chi connectivity index (χ1v) is 7.17. The molecule has 0 radical (unpaired) electrons. The predicted octanol–water partition coefficient (Wildman–Crippen LogP) is 3.09. The van der Waals surface area contributed by atoms with Gasteiger partial charge in [0.15, 0.2) is 0 Å². The van der Waals surface area contributed by atoms with Crippen LogP contribution in [-0.4, -0.2) is 36.1 Å². The van der Waals surface area contributed by atoms with Gasteiger partial charge in [0.05, 0.1) is 22.2 Å². The molecular weight excluding hydrogens is 327 g/mol. The van der Waals surface area contributed by atoms with Gasteiger partial charge in [-0.3, -0.25) is 4.79 Å². The molecule has 0 fully saturated rings. The molecule has 0 spiro atoms. The Kier molecular flexibility index (Phi) is 5.94. The second kappa shape index (κ2) is 7.93. The molecule has 0 saturated heterocycles. The summed E-state index contributed by atoms with van der Waals surface area (Å²) in [5.41, 5.74) is 0.880. The summed E-state index contributed by atoms with van der Waals surface area (Å²) in [5, 5.41) is 6.45. The van der Waals surface area contributed by atoms with Gasteiger partial charge in [0.1, 0.15) is 0 Å². The number of carbonyl (C=O) groups excluding carboxylic acids is 1. The van der Waals surface area contributed by atoms with Gasteiger partial charge in [-0.25, -0.2) is 9.97 Å². The maximum Gasteiger partial charge on any atom is 0.258 e. The topological polar surface area (TPSA) is 76.1 Å². The van der Waals surface area contributed by atoms with E-state index in [1.807, 2.05) is 0 Å². The first-order chi connectivity index (χ1) is 10.6. The minimum absolute atomic E-state index is 0.332. The van der Waals surface area contributed by atoms with E-state index in [0.717, 1.165) is 0 Å². The molecule has 1 amide bonds. The summed E-state index contributed by atoms with van der Waals surface area (Å²) < 4.78 is 4.91. The van der Waals surface area contributed by atoms with E-state index in [4.69, 9.17) is 27.9 Å². The van der Waals surface area contributed by atoms with Gasteiger partial charge in [0.25, 0.3) is 5.91 Å². The maximum absolute atomic E-state index is 12.1. The Morgan fingerprint density at radius 2 is 1.95 bits per heavy atom. The number of ether oxygens (including phenoxy) is 1. The van der Waals surface area contributed by atoms with Crippen LogP contribution in [0.2, 0.25) is 10.0 Å². The number of benzene rings is 1. The number of aromatic nitrogens is 2. The van der Waals surface area contributed by atoms with Crippen molar-refractivity contribution in [2.24, 2.45) is 0 Å². The van der Waals surface area contributed by atoms with Crippen LogP contribution in [0.1, 0.15) is 10.4 Å². The highest BCUT2D eigenvalue weighted by Crippen LogP contribution is 2.25. The molecule has 0 aliphatic heterocycles. The Balaban J connectivity index is 1.98. The molecule has 22 heavy (non-hydrogen) atoms. The smallest absolute Gasteiger partial charge is 0.258 e. The van der Waals surface area contributed by atoms with Gasteiger partial charge >= 0.3 is 0 Å². The molecule has 1 aromatic carbocycles. The number of anilines is 2. The van der Waals surface area contributed by atoms with Crippen LogP contribution < -0.4 is 10.6 Å². The Labute approximate surface area is 137 Å². The van der Waals surface area contributed by atoms with E-state index in [0.29, 0.717) is 40.4 Å². The van der Waals surface area contributed by atoms with Crippen LogP contribution >= 0.6 is 23.2 Å². The summed E-state index contributed by atoms with van der Waals surface area (Å²) in [4.78, 5) is 20.2. The van der Waals surface area contributed by atoms with Crippen LogP contribution in [-0.2, 0) is 4.74 Å². The SMILES string of the molecule is COCCNc1ncc(C(=O)Nc2ccc(Cl)c(Cl)c2)cn1. The van der Waals surface area contributed by atoms with Gasteiger partial charge in [-0.15, -0.1) is 0 Å². The Morgan fingerprint density at radius 3 is 2.59 bits per heavy atom. The minimum atomic E-state index is -0.332. The van der Waals surface area contributed by atoms with Crippen LogP contribution in [0.5, 0.6) is 0 Å². The fourth-order valence-electron chi connectivity index (χ4n) is 1.58. The summed E-state index contributed by atoms with van der Waals surface area (Å²) in [6.07, 6.45) is 2.88. The molecule has 1 heterocycles. The van der Waals surface area contributed by atoms with Crippen molar-refractivity contribution in [3.8, 4) is 0 Å². The van der Waals surface area contributed by atoms with Crippen molar-refractivity contribution in [3.05, 3.63) is 46.2 Å². The first-order valence-electron chi connectivity index (χ1n) is 6.41. The monoisotopic (exact) mass is 340 g/mol. The number of amides is 1. The van der Waals surface area contributed by atoms with Crippen LogP contribution in [0.3, 0.4) is 0 Å². The van der Waals surface area contributed by atoms with Gasteiger partial charge < -0.3 is 15.4 Å². The fourth-order valence-corrected chi connectivity index (χ4v) is 1.88. The Bertz CT molecular complexity index is 650. The van der Waals surface area contributed by atoms with E-state index < -0.39 is 0 Å². The van der Waals surface area contributed by atoms with Gasteiger partial charge in [-0.1, -0.05) is 23.2 Å². The summed E-state index contributed by atoms with van der Waals surface area (Å²) in [7, 11) is 1.61. The van der Waals surface area contributed by atoms with Crippen molar-refractivity contribution >= 4 is 40.7 Å². The lowest BCUT2D eigenvalue weighted by Gasteiger charge is -2.07. The molecule has 0 aliphatic carbocycles. The van der Waals surface area contributed by atoms with Crippen molar-refractivity contribution in [2.75, 3.05) is 30.9 Å². The highest BCUT2D eigenvalue weighted by Gasteiger charge is 2.08. The molecule has 2 rings (SSSR count). The van der Waals surface area contributed by atoms with E-state index >= 15 is 0 Å². The van der Waals surface area contributed by atoms with E-state index in [1.54, 1.807) is 25.3 Å². The van der Waals surface area contributed by atoms with Gasteiger partial charge in [-0.05, 0) is 18.2 Å². The lowest BCUT2D eigenvalue weighted by molar-refractivity contribution is 0.102. The average Bonchev–Trinajstić information content (AvgIpc) is 2.52. The second-order valence-electron chi connectivity index (χ2n) is 4.30. The second-order valence-corrected chi connectivity index (χ2v) is 5.11. The summed E-state index contributed by atoms with van der Waals surface area (Å²) in [6, 6.07) is 4.84. The van der Waals surface area contributed by atoms with Gasteiger partial charge in [-0.2, -0.15) is 0 Å².